The number of hydrogen-bond donors (Lipinski definition) is 1. The molecular weight excluding hydrogens is 320 g/mol. The zero-order chi connectivity index (χ0) is 18.0. The molecule has 2 aromatic carbocycles. The molecular formula is C19H18N2O4. The van der Waals surface area contributed by atoms with Gasteiger partial charge in [-0.2, -0.15) is 0 Å². The van der Waals surface area contributed by atoms with Gasteiger partial charge in [-0.05, 0) is 50.1 Å². The first-order valence-electron chi connectivity index (χ1n) is 7.87. The number of aryl methyl sites for hydroxylation is 2. The van der Waals surface area contributed by atoms with Crippen LogP contribution in [0.25, 0.3) is 11.1 Å². The lowest BCUT2D eigenvalue weighted by Gasteiger charge is -2.16. The molecule has 0 fully saturated rings. The van der Waals surface area contributed by atoms with Gasteiger partial charge < -0.3 is 14.5 Å². The molecule has 0 saturated carbocycles. The molecule has 128 valence electrons. The van der Waals surface area contributed by atoms with E-state index in [0.717, 1.165) is 16.8 Å². The lowest BCUT2D eigenvalue weighted by Crippen LogP contribution is -2.30. The van der Waals surface area contributed by atoms with Crippen molar-refractivity contribution in [3.63, 3.8) is 0 Å². The SMILES string of the molecule is Cc1cccc(C)c1NC(=O)C(C)OC(=O)c1ccc2ncoc2c1. The monoisotopic (exact) mass is 338 g/mol. The van der Waals surface area contributed by atoms with E-state index in [1.165, 1.54) is 13.3 Å². The molecule has 0 aliphatic heterocycles. The molecule has 0 aliphatic carbocycles. The Kier molecular flexibility index (Phi) is 4.52. The number of carbonyl (C=O) groups excluding carboxylic acids is 2. The van der Waals surface area contributed by atoms with E-state index in [1.54, 1.807) is 18.2 Å². The van der Waals surface area contributed by atoms with Crippen LogP contribution in [-0.2, 0) is 9.53 Å². The van der Waals surface area contributed by atoms with Gasteiger partial charge in [0.05, 0.1) is 5.56 Å². The van der Waals surface area contributed by atoms with Gasteiger partial charge >= 0.3 is 5.97 Å². The summed E-state index contributed by atoms with van der Waals surface area (Å²) in [5, 5.41) is 2.82. The van der Waals surface area contributed by atoms with Crippen LogP contribution in [0.3, 0.4) is 0 Å². The highest BCUT2D eigenvalue weighted by molar-refractivity contribution is 5.99. The maximum Gasteiger partial charge on any atom is 0.339 e. The second-order valence-electron chi connectivity index (χ2n) is 5.84. The van der Waals surface area contributed by atoms with Gasteiger partial charge in [-0.25, -0.2) is 9.78 Å². The fourth-order valence-electron chi connectivity index (χ4n) is 2.50. The molecule has 1 aromatic heterocycles. The van der Waals surface area contributed by atoms with Crippen molar-refractivity contribution in [2.45, 2.75) is 26.9 Å². The van der Waals surface area contributed by atoms with Crippen molar-refractivity contribution >= 4 is 28.7 Å². The number of ether oxygens (including phenoxy) is 1. The van der Waals surface area contributed by atoms with Gasteiger partial charge in [-0.1, -0.05) is 18.2 Å². The number of hydrogen-bond acceptors (Lipinski definition) is 5. The predicted octanol–water partition coefficient (Wildman–Crippen LogP) is 3.63. The summed E-state index contributed by atoms with van der Waals surface area (Å²) in [4.78, 5) is 28.6. The fraction of sp³-hybridized carbons (Fsp3) is 0.211. The fourth-order valence-corrected chi connectivity index (χ4v) is 2.50. The first-order valence-corrected chi connectivity index (χ1v) is 7.87. The molecule has 1 amide bonds. The number of carbonyl (C=O) groups is 2. The van der Waals surface area contributed by atoms with Crippen molar-refractivity contribution in [1.82, 2.24) is 4.98 Å². The molecule has 1 unspecified atom stereocenters. The van der Waals surface area contributed by atoms with E-state index in [9.17, 15) is 9.59 Å². The number of esters is 1. The van der Waals surface area contributed by atoms with E-state index in [1.807, 2.05) is 32.0 Å². The molecule has 1 heterocycles. The van der Waals surface area contributed by atoms with E-state index in [0.29, 0.717) is 16.7 Å². The second-order valence-corrected chi connectivity index (χ2v) is 5.84. The van der Waals surface area contributed by atoms with Crippen LogP contribution >= 0.6 is 0 Å². The molecule has 0 bridgehead atoms. The zero-order valence-corrected chi connectivity index (χ0v) is 14.2. The number of para-hydroxylation sites is 1. The number of anilines is 1. The number of amides is 1. The summed E-state index contributed by atoms with van der Waals surface area (Å²) in [6.07, 6.45) is 0.373. The summed E-state index contributed by atoms with van der Waals surface area (Å²) in [7, 11) is 0. The lowest BCUT2D eigenvalue weighted by molar-refractivity contribution is -0.123. The highest BCUT2D eigenvalue weighted by atomic mass is 16.5. The largest absolute Gasteiger partial charge is 0.449 e. The lowest BCUT2D eigenvalue weighted by atomic mass is 10.1. The van der Waals surface area contributed by atoms with Crippen LogP contribution in [0.4, 0.5) is 5.69 Å². The maximum atomic E-state index is 12.3. The Bertz CT molecular complexity index is 925. The minimum atomic E-state index is -0.933. The van der Waals surface area contributed by atoms with Crippen molar-refractivity contribution < 1.29 is 18.7 Å². The third-order valence-electron chi connectivity index (χ3n) is 3.95. The first kappa shape index (κ1) is 16.7. The van der Waals surface area contributed by atoms with Crippen LogP contribution < -0.4 is 5.32 Å². The summed E-state index contributed by atoms with van der Waals surface area (Å²) in [6.45, 7) is 5.35. The molecule has 6 heteroatoms. The third-order valence-corrected chi connectivity index (χ3v) is 3.95. The van der Waals surface area contributed by atoms with Crippen molar-refractivity contribution in [2.24, 2.45) is 0 Å². The highest BCUT2D eigenvalue weighted by Crippen LogP contribution is 2.20. The minimum absolute atomic E-state index is 0.302. The summed E-state index contributed by atoms with van der Waals surface area (Å²) in [5.41, 5.74) is 4.07. The van der Waals surface area contributed by atoms with Gasteiger partial charge in [0.1, 0.15) is 5.52 Å². The number of nitrogens with one attached hydrogen (secondary N) is 1. The first-order chi connectivity index (χ1) is 12.0. The molecule has 6 nitrogen and oxygen atoms in total. The summed E-state index contributed by atoms with van der Waals surface area (Å²) in [5.74, 6) is -0.978. The van der Waals surface area contributed by atoms with Crippen LogP contribution in [0.2, 0.25) is 0 Å². The number of fused-ring (bicyclic) bond motifs is 1. The molecule has 0 radical (unpaired) electrons. The molecule has 25 heavy (non-hydrogen) atoms. The molecule has 3 rings (SSSR count). The number of oxazole rings is 1. The van der Waals surface area contributed by atoms with Crippen LogP contribution in [0.15, 0.2) is 47.2 Å². The van der Waals surface area contributed by atoms with Crippen LogP contribution in [0.5, 0.6) is 0 Å². The summed E-state index contributed by atoms with van der Waals surface area (Å²) in [6, 6.07) is 10.5. The third kappa shape index (κ3) is 3.52. The molecule has 1 atom stereocenters. The van der Waals surface area contributed by atoms with E-state index < -0.39 is 12.1 Å². The van der Waals surface area contributed by atoms with Crippen LogP contribution in [-0.4, -0.2) is 23.0 Å². The van der Waals surface area contributed by atoms with E-state index in [4.69, 9.17) is 9.15 Å². The Morgan fingerprint density at radius 3 is 2.60 bits per heavy atom. The number of benzene rings is 2. The van der Waals surface area contributed by atoms with Crippen molar-refractivity contribution in [3.05, 3.63) is 59.5 Å². The second kappa shape index (κ2) is 6.76. The van der Waals surface area contributed by atoms with Crippen LogP contribution in [0.1, 0.15) is 28.4 Å². The highest BCUT2D eigenvalue weighted by Gasteiger charge is 2.20. The van der Waals surface area contributed by atoms with Gasteiger partial charge in [-0.3, -0.25) is 4.79 Å². The van der Waals surface area contributed by atoms with Gasteiger partial charge in [0.2, 0.25) is 0 Å². The Balaban J connectivity index is 1.69. The zero-order valence-electron chi connectivity index (χ0n) is 14.2. The Morgan fingerprint density at radius 2 is 1.88 bits per heavy atom. The van der Waals surface area contributed by atoms with Crippen LogP contribution in [0, 0.1) is 13.8 Å². The smallest absolute Gasteiger partial charge is 0.339 e. The van der Waals surface area contributed by atoms with Crippen molar-refractivity contribution in [1.29, 1.82) is 0 Å². The van der Waals surface area contributed by atoms with Gasteiger partial charge in [0.15, 0.2) is 18.1 Å². The molecule has 3 aromatic rings. The van der Waals surface area contributed by atoms with Gasteiger partial charge in [-0.15, -0.1) is 0 Å². The number of aromatic nitrogens is 1. The molecule has 0 spiro atoms. The molecule has 0 aliphatic rings. The standard InChI is InChI=1S/C19H18N2O4/c1-11-5-4-6-12(2)17(11)21-18(22)13(3)25-19(23)14-7-8-15-16(9-14)24-10-20-15/h4-10,13H,1-3H3,(H,21,22). The van der Waals surface area contributed by atoms with E-state index in [-0.39, 0.29) is 5.91 Å². The predicted molar refractivity (Wildman–Crippen MR) is 93.4 cm³/mol. The number of nitrogens with zero attached hydrogens (tertiary/aromatic N) is 1. The van der Waals surface area contributed by atoms with Gasteiger partial charge in [0.25, 0.3) is 5.91 Å². The summed E-state index contributed by atoms with van der Waals surface area (Å²) < 4.78 is 10.4. The Hall–Kier alpha value is -3.15. The molecule has 0 saturated heterocycles. The normalized spacial score (nSPS) is 12.0. The number of rotatable bonds is 4. The molecule has 1 N–H and O–H groups in total. The Morgan fingerprint density at radius 1 is 1.16 bits per heavy atom. The Labute approximate surface area is 144 Å². The quantitative estimate of drug-likeness (QED) is 0.735. The topological polar surface area (TPSA) is 81.4 Å². The van der Waals surface area contributed by atoms with Gasteiger partial charge in [0, 0.05) is 5.69 Å². The van der Waals surface area contributed by atoms with E-state index >= 15 is 0 Å². The average Bonchev–Trinajstić information content (AvgIpc) is 3.05. The van der Waals surface area contributed by atoms with E-state index in [2.05, 4.69) is 10.3 Å². The van der Waals surface area contributed by atoms with Crippen molar-refractivity contribution in [3.8, 4) is 0 Å². The average molecular weight is 338 g/mol. The maximum absolute atomic E-state index is 12.3. The minimum Gasteiger partial charge on any atom is -0.449 e. The van der Waals surface area contributed by atoms with Crippen molar-refractivity contribution in [2.75, 3.05) is 5.32 Å². The summed E-state index contributed by atoms with van der Waals surface area (Å²) >= 11 is 0.